The van der Waals surface area contributed by atoms with Crippen LogP contribution in [0.15, 0.2) is 29.6 Å². The Morgan fingerprint density at radius 2 is 1.23 bits per heavy atom. The van der Waals surface area contributed by atoms with E-state index in [2.05, 4.69) is 29.9 Å². The summed E-state index contributed by atoms with van der Waals surface area (Å²) in [6, 6.07) is 5.01. The molecule has 0 atom stereocenters. The van der Waals surface area contributed by atoms with Crippen molar-refractivity contribution >= 4 is 51.6 Å². The minimum atomic E-state index is -4.36. The number of anilines is 4. The topological polar surface area (TPSA) is 76.6 Å². The number of rotatable bonds is 5. The van der Waals surface area contributed by atoms with Crippen LogP contribution in [-0.4, -0.2) is 82.3 Å². The van der Waals surface area contributed by atoms with Gasteiger partial charge < -0.3 is 24.9 Å². The van der Waals surface area contributed by atoms with Crippen LogP contribution in [0.4, 0.5) is 36.1 Å². The van der Waals surface area contributed by atoms with Gasteiger partial charge in [0.1, 0.15) is 0 Å². The highest BCUT2D eigenvalue weighted by Crippen LogP contribution is 2.32. The van der Waals surface area contributed by atoms with Crippen LogP contribution in [0, 0.1) is 0 Å². The largest absolute Gasteiger partial charge is 0.416 e. The third-order valence-electron chi connectivity index (χ3n) is 7.45. The second-order valence-corrected chi connectivity index (χ2v) is 11.4. The zero-order valence-electron chi connectivity index (χ0n) is 21.9. The van der Waals surface area contributed by atoms with Gasteiger partial charge in [-0.05, 0) is 50.0 Å². The molecule has 0 bridgehead atoms. The minimum absolute atomic E-state index is 0.569. The molecule has 3 aliphatic heterocycles. The Labute approximate surface area is 240 Å². The lowest BCUT2D eigenvalue weighted by atomic mass is 10.1. The molecule has 3 aliphatic rings. The second kappa shape index (κ2) is 11.3. The summed E-state index contributed by atoms with van der Waals surface area (Å²) in [7, 11) is 0. The Balaban J connectivity index is 1.08. The van der Waals surface area contributed by atoms with E-state index in [4.69, 9.17) is 27.2 Å². The van der Waals surface area contributed by atoms with E-state index in [1.54, 1.807) is 0 Å². The molecule has 3 aromatic rings. The fourth-order valence-corrected chi connectivity index (χ4v) is 6.24. The van der Waals surface area contributed by atoms with Crippen molar-refractivity contribution in [3.05, 3.63) is 35.2 Å². The molecule has 40 heavy (non-hydrogen) atoms. The van der Waals surface area contributed by atoms with E-state index in [9.17, 15) is 13.2 Å². The average Bonchev–Trinajstić information content (AvgIpc) is 3.76. The molecule has 0 spiro atoms. The number of benzene rings is 1. The molecule has 2 aromatic heterocycles. The lowest BCUT2D eigenvalue weighted by Crippen LogP contribution is -2.50. The molecule has 0 radical (unpaired) electrons. The van der Waals surface area contributed by atoms with Crippen LogP contribution in [0.1, 0.15) is 31.2 Å². The number of nitrogens with one attached hydrogen (secondary N) is 1. The third kappa shape index (κ3) is 5.92. The highest BCUT2D eigenvalue weighted by atomic mass is 32.1. The van der Waals surface area contributed by atoms with E-state index >= 15 is 0 Å². The first-order valence-corrected chi connectivity index (χ1v) is 14.8. The van der Waals surface area contributed by atoms with Gasteiger partial charge in [-0.15, -0.1) is 11.3 Å². The van der Waals surface area contributed by atoms with Gasteiger partial charge in [-0.2, -0.15) is 28.1 Å². The molecule has 6 rings (SSSR count). The van der Waals surface area contributed by atoms with Crippen LogP contribution in [0.3, 0.4) is 0 Å². The standard InChI is InChI=1S/C26H30F3N9S2/c27-26(28,29)19-7-5-18(6-8-19)20-17-40-24(30-20)34-25(39)38-15-13-37(14-16-38)23-32-21(35-9-1-2-10-35)31-22(33-23)36-11-3-4-12-36/h5-8,17H,1-4,9-16H2,(H,30,34,39). The zero-order chi connectivity index (χ0) is 27.7. The first kappa shape index (κ1) is 26.9. The van der Waals surface area contributed by atoms with Gasteiger partial charge in [-0.3, -0.25) is 0 Å². The van der Waals surface area contributed by atoms with Crippen molar-refractivity contribution in [2.45, 2.75) is 31.9 Å². The van der Waals surface area contributed by atoms with Gasteiger partial charge >= 0.3 is 6.18 Å². The van der Waals surface area contributed by atoms with Crippen LogP contribution in [0.5, 0.6) is 0 Å². The van der Waals surface area contributed by atoms with Crippen LogP contribution < -0.4 is 20.0 Å². The number of hydrogen-bond acceptors (Lipinski definition) is 9. The summed E-state index contributed by atoms with van der Waals surface area (Å²) < 4.78 is 38.6. The van der Waals surface area contributed by atoms with Crippen molar-refractivity contribution in [3.8, 4) is 11.3 Å². The first-order valence-electron chi connectivity index (χ1n) is 13.5. The highest BCUT2D eigenvalue weighted by Gasteiger charge is 2.30. The molecule has 0 aliphatic carbocycles. The number of aromatic nitrogens is 4. The molecule has 0 unspecified atom stereocenters. The molecule has 212 valence electrons. The molecule has 5 heterocycles. The summed E-state index contributed by atoms with van der Waals surface area (Å²) in [6.07, 6.45) is 0.282. The molecular formula is C26H30F3N9S2. The predicted molar refractivity (Wildman–Crippen MR) is 155 cm³/mol. The van der Waals surface area contributed by atoms with Crippen molar-refractivity contribution in [2.75, 3.05) is 72.4 Å². The van der Waals surface area contributed by atoms with Gasteiger partial charge in [-0.1, -0.05) is 12.1 Å². The molecular weight excluding hydrogens is 559 g/mol. The van der Waals surface area contributed by atoms with Crippen molar-refractivity contribution in [1.82, 2.24) is 24.8 Å². The molecule has 3 fully saturated rings. The summed E-state index contributed by atoms with van der Waals surface area (Å²) in [5, 5.41) is 6.17. The first-order chi connectivity index (χ1) is 19.3. The Hall–Kier alpha value is -3.26. The maximum Gasteiger partial charge on any atom is 0.416 e. The SMILES string of the molecule is FC(F)(F)c1ccc(-c2csc(NC(=S)N3CCN(c4nc(N5CCCC5)nc(N5CCCC5)n4)CC3)n2)cc1. The molecule has 0 saturated carbocycles. The van der Waals surface area contributed by atoms with E-state index in [0.29, 0.717) is 34.6 Å². The monoisotopic (exact) mass is 589 g/mol. The number of alkyl halides is 3. The van der Waals surface area contributed by atoms with E-state index in [1.807, 2.05) is 5.38 Å². The third-order valence-corrected chi connectivity index (χ3v) is 8.57. The maximum atomic E-state index is 12.9. The van der Waals surface area contributed by atoms with Gasteiger partial charge in [-0.25, -0.2) is 4.98 Å². The van der Waals surface area contributed by atoms with Gasteiger partial charge in [0.2, 0.25) is 17.8 Å². The number of thiocarbonyl (C=S) groups is 1. The summed E-state index contributed by atoms with van der Waals surface area (Å²) in [4.78, 5) is 27.9. The van der Waals surface area contributed by atoms with Gasteiger partial charge in [0.25, 0.3) is 0 Å². The summed E-state index contributed by atoms with van der Waals surface area (Å²) >= 11 is 7.03. The Bertz CT molecular complexity index is 1290. The number of nitrogens with zero attached hydrogens (tertiary/aromatic N) is 8. The van der Waals surface area contributed by atoms with Crippen molar-refractivity contribution in [3.63, 3.8) is 0 Å². The molecule has 9 nitrogen and oxygen atoms in total. The summed E-state index contributed by atoms with van der Waals surface area (Å²) in [6.45, 7) is 6.77. The number of thiazole rings is 1. The number of piperazine rings is 1. The van der Waals surface area contributed by atoms with Crippen LogP contribution >= 0.6 is 23.6 Å². The normalized spacial score (nSPS) is 18.1. The molecule has 1 aromatic carbocycles. The van der Waals surface area contributed by atoms with Gasteiger partial charge in [0, 0.05) is 63.3 Å². The fourth-order valence-electron chi connectivity index (χ4n) is 5.18. The smallest absolute Gasteiger partial charge is 0.345 e. The van der Waals surface area contributed by atoms with Gasteiger partial charge in [0.15, 0.2) is 10.2 Å². The van der Waals surface area contributed by atoms with E-state index in [-0.39, 0.29) is 0 Å². The average molecular weight is 590 g/mol. The maximum absolute atomic E-state index is 12.9. The number of halogens is 3. The van der Waals surface area contributed by atoms with E-state index < -0.39 is 11.7 Å². The molecule has 3 saturated heterocycles. The Morgan fingerprint density at radius 3 is 1.73 bits per heavy atom. The van der Waals surface area contributed by atoms with Crippen molar-refractivity contribution in [2.24, 2.45) is 0 Å². The van der Waals surface area contributed by atoms with Gasteiger partial charge in [0.05, 0.1) is 11.3 Å². The second-order valence-electron chi connectivity index (χ2n) is 10.1. The van der Waals surface area contributed by atoms with Crippen molar-refractivity contribution < 1.29 is 13.2 Å². The Kier molecular flexibility index (Phi) is 7.62. The fraction of sp³-hybridized carbons (Fsp3) is 0.500. The predicted octanol–water partition coefficient (Wildman–Crippen LogP) is 4.73. The quantitative estimate of drug-likeness (QED) is 0.422. The zero-order valence-corrected chi connectivity index (χ0v) is 23.5. The number of hydrogen-bond donors (Lipinski definition) is 1. The lowest BCUT2D eigenvalue weighted by molar-refractivity contribution is -0.137. The van der Waals surface area contributed by atoms with Crippen molar-refractivity contribution in [1.29, 1.82) is 0 Å². The Morgan fingerprint density at radius 1 is 0.725 bits per heavy atom. The molecule has 1 N–H and O–H groups in total. The summed E-state index contributed by atoms with van der Waals surface area (Å²) in [5.74, 6) is 2.27. The molecule has 14 heteroatoms. The lowest BCUT2D eigenvalue weighted by Gasteiger charge is -2.36. The van der Waals surface area contributed by atoms with E-state index in [0.717, 1.165) is 94.9 Å². The van der Waals surface area contributed by atoms with E-state index in [1.165, 1.54) is 23.5 Å². The molecule has 0 amide bonds. The highest BCUT2D eigenvalue weighted by molar-refractivity contribution is 7.80. The minimum Gasteiger partial charge on any atom is -0.345 e. The summed E-state index contributed by atoms with van der Waals surface area (Å²) in [5.41, 5.74) is 0.545. The van der Waals surface area contributed by atoms with Crippen LogP contribution in [0.2, 0.25) is 0 Å². The van der Waals surface area contributed by atoms with Crippen LogP contribution in [-0.2, 0) is 6.18 Å². The van der Waals surface area contributed by atoms with Crippen LogP contribution in [0.25, 0.3) is 11.3 Å².